The highest BCUT2D eigenvalue weighted by Crippen LogP contribution is 2.75. The SMILES string of the molecule is Cc1oc(=O)oc1COC(=O)[C@@]1(C)C2CC[C@]3(C)[C@H](C(=O)C=C4[C@@H]5C[C@@](C)(C(=O)O)CC[C@]5(C)CC[C@]43C)[C@@]2(C)CC[C@@H]1N1C(=O)CNC1=O. The number of carboxylic acid groups (broad SMARTS) is 1. The second-order valence-corrected chi connectivity index (χ2v) is 17.8. The van der Waals surface area contributed by atoms with E-state index >= 15 is 0 Å². The molecule has 3 amide bonds. The van der Waals surface area contributed by atoms with Gasteiger partial charge in [0.25, 0.3) is 0 Å². The van der Waals surface area contributed by atoms with Crippen LogP contribution < -0.4 is 11.1 Å². The third kappa shape index (κ3) is 4.47. The second-order valence-electron chi connectivity index (χ2n) is 17.8. The summed E-state index contributed by atoms with van der Waals surface area (Å²) in [5, 5.41) is 12.8. The monoisotopic (exact) mass is 694 g/mol. The van der Waals surface area contributed by atoms with Gasteiger partial charge in [0, 0.05) is 5.92 Å². The highest BCUT2D eigenvalue weighted by molar-refractivity contribution is 6.03. The first-order chi connectivity index (χ1) is 23.2. The number of ether oxygens (including phenoxy) is 1. The molecular formula is C38H50N2O10. The van der Waals surface area contributed by atoms with Gasteiger partial charge in [-0.1, -0.05) is 33.3 Å². The molecule has 5 fully saturated rings. The molecule has 50 heavy (non-hydrogen) atoms. The number of hydrogen-bond acceptors (Lipinski definition) is 9. The van der Waals surface area contributed by atoms with E-state index in [1.54, 1.807) is 6.92 Å². The van der Waals surface area contributed by atoms with E-state index in [1.165, 1.54) is 11.8 Å². The molecule has 1 aromatic heterocycles. The molecule has 1 saturated heterocycles. The number of nitrogens with zero attached hydrogens (tertiary/aromatic N) is 1. The predicted octanol–water partition coefficient (Wildman–Crippen LogP) is 5.55. The van der Waals surface area contributed by atoms with Gasteiger partial charge in [0.1, 0.15) is 0 Å². The number of carboxylic acids is 1. The van der Waals surface area contributed by atoms with Crippen LogP contribution in [0.5, 0.6) is 0 Å². The zero-order chi connectivity index (χ0) is 36.4. The first kappa shape index (κ1) is 34.7. The minimum Gasteiger partial charge on any atom is -0.481 e. The van der Waals surface area contributed by atoms with Gasteiger partial charge in [-0.3, -0.25) is 24.1 Å². The molecule has 272 valence electrons. The Labute approximate surface area is 291 Å². The van der Waals surface area contributed by atoms with Crippen LogP contribution in [0.25, 0.3) is 0 Å². The van der Waals surface area contributed by atoms with Crippen LogP contribution >= 0.6 is 0 Å². The second kappa shape index (κ2) is 10.9. The van der Waals surface area contributed by atoms with E-state index in [0.29, 0.717) is 38.5 Å². The van der Waals surface area contributed by atoms with Crippen molar-refractivity contribution in [1.82, 2.24) is 10.2 Å². The molecule has 0 radical (unpaired) electrons. The number of fused-ring (bicyclic) bond motifs is 7. The molecule has 12 heteroatoms. The van der Waals surface area contributed by atoms with Crippen LogP contribution in [0.4, 0.5) is 4.79 Å². The Bertz CT molecular complexity index is 1780. The molecule has 1 unspecified atom stereocenters. The number of carbonyl (C=O) groups is 5. The average molecular weight is 695 g/mol. The van der Waals surface area contributed by atoms with Crippen molar-refractivity contribution in [2.45, 2.75) is 119 Å². The largest absolute Gasteiger partial charge is 0.519 e. The molecule has 1 aromatic rings. The lowest BCUT2D eigenvalue weighted by Crippen LogP contribution is -2.70. The maximum Gasteiger partial charge on any atom is 0.519 e. The van der Waals surface area contributed by atoms with Gasteiger partial charge >= 0.3 is 23.8 Å². The molecule has 10 atom stereocenters. The molecule has 1 aliphatic heterocycles. The van der Waals surface area contributed by atoms with E-state index in [0.717, 1.165) is 24.8 Å². The summed E-state index contributed by atoms with van der Waals surface area (Å²) in [5.74, 6) is -3.37. The normalized spacial score (nSPS) is 43.9. The fourth-order valence-electron chi connectivity index (χ4n) is 12.3. The average Bonchev–Trinajstić information content (AvgIpc) is 3.55. The number of hydrogen-bond donors (Lipinski definition) is 2. The minimum absolute atomic E-state index is 0.0129. The Balaban J connectivity index is 1.30. The van der Waals surface area contributed by atoms with Crippen molar-refractivity contribution in [2.75, 3.05) is 6.54 Å². The summed E-state index contributed by atoms with van der Waals surface area (Å²) in [4.78, 5) is 81.0. The first-order valence-electron chi connectivity index (χ1n) is 18.1. The molecule has 4 saturated carbocycles. The molecule has 7 rings (SSSR count). The van der Waals surface area contributed by atoms with E-state index in [1.807, 2.05) is 13.0 Å². The summed E-state index contributed by atoms with van der Waals surface area (Å²) < 4.78 is 15.9. The van der Waals surface area contributed by atoms with Crippen molar-refractivity contribution in [3.8, 4) is 0 Å². The Morgan fingerprint density at radius 3 is 2.28 bits per heavy atom. The molecule has 0 aromatic carbocycles. The van der Waals surface area contributed by atoms with Crippen molar-refractivity contribution < 1.29 is 42.7 Å². The first-order valence-corrected chi connectivity index (χ1v) is 18.1. The highest BCUT2D eigenvalue weighted by Gasteiger charge is 2.73. The van der Waals surface area contributed by atoms with Crippen molar-refractivity contribution in [3.63, 3.8) is 0 Å². The van der Waals surface area contributed by atoms with Crippen LogP contribution in [0.1, 0.15) is 111 Å². The Hall–Kier alpha value is -3.70. The van der Waals surface area contributed by atoms with Crippen LogP contribution in [0.15, 0.2) is 25.3 Å². The van der Waals surface area contributed by atoms with E-state index in [4.69, 9.17) is 13.6 Å². The van der Waals surface area contributed by atoms with E-state index in [9.17, 15) is 33.9 Å². The number of carbonyl (C=O) groups excluding carboxylic acids is 4. The van der Waals surface area contributed by atoms with Crippen molar-refractivity contribution in [2.24, 2.45) is 50.2 Å². The summed E-state index contributed by atoms with van der Waals surface area (Å²) in [7, 11) is 0. The van der Waals surface area contributed by atoms with Crippen molar-refractivity contribution >= 4 is 29.7 Å². The fraction of sp³-hybridized carbons (Fsp3) is 0.737. The van der Waals surface area contributed by atoms with Crippen LogP contribution in [0.2, 0.25) is 0 Å². The zero-order valence-electron chi connectivity index (χ0n) is 30.2. The third-order valence-electron chi connectivity index (χ3n) is 15.5. The van der Waals surface area contributed by atoms with Gasteiger partial charge in [0.15, 0.2) is 23.9 Å². The molecular weight excluding hydrogens is 644 g/mol. The van der Waals surface area contributed by atoms with Gasteiger partial charge in [0.05, 0.1) is 23.4 Å². The number of nitrogens with one attached hydrogen (secondary N) is 1. The van der Waals surface area contributed by atoms with E-state index in [2.05, 4.69) is 33.0 Å². The third-order valence-corrected chi connectivity index (χ3v) is 15.5. The maximum absolute atomic E-state index is 14.8. The number of ketones is 1. The van der Waals surface area contributed by atoms with Crippen molar-refractivity contribution in [1.29, 1.82) is 0 Å². The molecule has 6 aliphatic rings. The minimum atomic E-state index is -1.38. The lowest BCUT2D eigenvalue weighted by molar-refractivity contribution is -0.210. The number of aryl methyl sites for hydroxylation is 1. The lowest BCUT2D eigenvalue weighted by Gasteiger charge is -2.70. The Morgan fingerprint density at radius 2 is 1.66 bits per heavy atom. The molecule has 12 nitrogen and oxygen atoms in total. The Kier molecular flexibility index (Phi) is 7.57. The molecule has 2 heterocycles. The summed E-state index contributed by atoms with van der Waals surface area (Å²) in [6.45, 7) is 13.5. The molecule has 0 spiro atoms. The van der Waals surface area contributed by atoms with Crippen LogP contribution in [0.3, 0.4) is 0 Å². The van der Waals surface area contributed by atoms with Gasteiger partial charge in [-0.25, -0.2) is 9.59 Å². The molecule has 0 bridgehead atoms. The summed E-state index contributed by atoms with van der Waals surface area (Å²) >= 11 is 0. The fourth-order valence-corrected chi connectivity index (χ4v) is 12.3. The van der Waals surface area contributed by atoms with E-state index in [-0.39, 0.29) is 47.2 Å². The predicted molar refractivity (Wildman–Crippen MR) is 177 cm³/mol. The van der Waals surface area contributed by atoms with Crippen LogP contribution in [0, 0.1) is 57.2 Å². The van der Waals surface area contributed by atoms with Gasteiger partial charge in [-0.05, 0) is 118 Å². The smallest absolute Gasteiger partial charge is 0.481 e. The van der Waals surface area contributed by atoms with Gasteiger partial charge in [0.2, 0.25) is 5.91 Å². The van der Waals surface area contributed by atoms with E-state index < -0.39 is 69.2 Å². The van der Waals surface area contributed by atoms with Crippen LogP contribution in [-0.2, 0) is 30.5 Å². The van der Waals surface area contributed by atoms with Crippen molar-refractivity contribution in [3.05, 3.63) is 33.8 Å². The number of rotatable bonds is 5. The van der Waals surface area contributed by atoms with Crippen LogP contribution in [-0.4, -0.2) is 52.3 Å². The highest BCUT2D eigenvalue weighted by atomic mass is 16.6. The number of esters is 1. The van der Waals surface area contributed by atoms with Gasteiger partial charge in [-0.2, -0.15) is 0 Å². The number of urea groups is 1. The molecule has 2 N–H and O–H groups in total. The quantitative estimate of drug-likeness (QED) is 0.294. The molecule has 5 aliphatic carbocycles. The number of imide groups is 1. The maximum atomic E-state index is 14.8. The topological polar surface area (TPSA) is 173 Å². The summed E-state index contributed by atoms with van der Waals surface area (Å²) in [6.07, 6.45) is 7.62. The zero-order valence-corrected chi connectivity index (χ0v) is 30.2. The van der Waals surface area contributed by atoms with Gasteiger partial charge in [-0.15, -0.1) is 0 Å². The Morgan fingerprint density at radius 1 is 0.960 bits per heavy atom. The summed E-state index contributed by atoms with van der Waals surface area (Å²) in [5.41, 5.74) is -2.77. The lowest BCUT2D eigenvalue weighted by atomic mass is 9.33. The standard InChI is InChI=1S/C38H50N2O10/c1-20-24(50-32(47)49-20)19-48-30(45)38(7)25-8-11-37(6)28(35(25,4)10-9-26(38)40-27(42)18-39-31(40)46)23(41)16-21-22-17-34(3,29(43)44)13-12-33(22,2)14-15-36(21,37)5/h16,22,25-26,28H,8-15,17-19H2,1-7H3,(H,39,46)(H,43,44)/t22-,25?,26-,28+,33+,34-,35-,36+,37+,38-/m0/s1. The summed E-state index contributed by atoms with van der Waals surface area (Å²) in [6, 6.07) is -1.36. The number of allylic oxidation sites excluding steroid dienone is 2. The van der Waals surface area contributed by atoms with Gasteiger partial charge < -0.3 is 24.0 Å². The number of aliphatic carboxylic acids is 1. The number of amides is 3.